The zero-order chi connectivity index (χ0) is 8.91. The molecule has 66 valence electrons. The van der Waals surface area contributed by atoms with Gasteiger partial charge in [-0.15, -0.1) is 0 Å². The first-order valence-corrected chi connectivity index (χ1v) is 3.63. The summed E-state index contributed by atoms with van der Waals surface area (Å²) in [5.74, 6) is 0. The average Bonchev–Trinajstić information content (AvgIpc) is 1.86. The molecule has 0 aromatic heterocycles. The molecule has 0 aliphatic rings. The second-order valence-corrected chi connectivity index (χ2v) is 2.38. The van der Waals surface area contributed by atoms with E-state index in [4.69, 9.17) is 11.6 Å². The Labute approximate surface area is 68.3 Å². The summed E-state index contributed by atoms with van der Waals surface area (Å²) in [6.45, 7) is 2.02. The van der Waals surface area contributed by atoms with E-state index < -0.39 is 11.3 Å². The average molecular weight is 188 g/mol. The van der Waals surface area contributed by atoms with Crippen molar-refractivity contribution in [2.45, 2.75) is 25.9 Å². The van der Waals surface area contributed by atoms with Gasteiger partial charge in [0.25, 0.3) is 0 Å². The maximum Gasteiger partial charge on any atom is 0.444 e. The molecule has 0 spiro atoms. The van der Waals surface area contributed by atoms with Gasteiger partial charge in [0.05, 0.1) is 0 Å². The molecule has 0 radical (unpaired) electrons. The third-order valence-electron chi connectivity index (χ3n) is 0.996. The highest BCUT2D eigenvalue weighted by atomic mass is 35.5. The van der Waals surface area contributed by atoms with Gasteiger partial charge in [-0.05, 0) is 6.42 Å². The van der Waals surface area contributed by atoms with Crippen LogP contribution in [-0.4, -0.2) is 17.9 Å². The van der Waals surface area contributed by atoms with Gasteiger partial charge in [0.1, 0.15) is 0 Å². The number of hydrogen-bond donors (Lipinski definition) is 0. The third-order valence-corrected chi connectivity index (χ3v) is 1.33. The zero-order valence-electron chi connectivity index (χ0n) is 6.08. The monoisotopic (exact) mass is 187 g/mol. The molecule has 0 bridgehead atoms. The fourth-order valence-corrected chi connectivity index (χ4v) is 0.509. The van der Waals surface area contributed by atoms with Crippen molar-refractivity contribution >= 4 is 16.8 Å². The van der Waals surface area contributed by atoms with E-state index in [-0.39, 0.29) is 6.54 Å². The van der Waals surface area contributed by atoms with E-state index in [1.54, 1.807) is 0 Å². The normalized spacial score (nSPS) is 13.7. The van der Waals surface area contributed by atoms with Crippen molar-refractivity contribution in [3.8, 4) is 0 Å². The molecular weight excluding hydrogens is 179 g/mol. The van der Waals surface area contributed by atoms with E-state index in [1.165, 1.54) is 0 Å². The second kappa shape index (κ2) is 4.59. The highest BCUT2D eigenvalue weighted by Gasteiger charge is 2.33. The molecular formula is C6H9ClF3N. The van der Waals surface area contributed by atoms with E-state index in [0.29, 0.717) is 6.42 Å². The molecule has 0 unspecified atom stereocenters. The van der Waals surface area contributed by atoms with E-state index in [0.717, 1.165) is 6.42 Å². The highest BCUT2D eigenvalue weighted by Crippen LogP contribution is 2.19. The van der Waals surface area contributed by atoms with Crippen molar-refractivity contribution in [1.29, 1.82) is 0 Å². The number of aliphatic imine (C=N–C) groups is 1. The Morgan fingerprint density at radius 2 is 2.00 bits per heavy atom. The van der Waals surface area contributed by atoms with Crippen LogP contribution in [0.25, 0.3) is 0 Å². The minimum atomic E-state index is -4.48. The van der Waals surface area contributed by atoms with Crippen LogP contribution in [0.5, 0.6) is 0 Å². The molecule has 0 aromatic carbocycles. The van der Waals surface area contributed by atoms with Crippen molar-refractivity contribution in [1.82, 2.24) is 0 Å². The molecule has 0 aliphatic carbocycles. The smallest absolute Gasteiger partial charge is 0.269 e. The van der Waals surface area contributed by atoms with Gasteiger partial charge in [-0.2, -0.15) is 13.2 Å². The number of alkyl halides is 3. The summed E-state index contributed by atoms with van der Waals surface area (Å²) in [6, 6.07) is 0. The summed E-state index contributed by atoms with van der Waals surface area (Å²) in [6.07, 6.45) is -3.03. The van der Waals surface area contributed by atoms with Crippen molar-refractivity contribution in [3.05, 3.63) is 0 Å². The van der Waals surface area contributed by atoms with Gasteiger partial charge < -0.3 is 0 Å². The Balaban J connectivity index is 3.81. The lowest BCUT2D eigenvalue weighted by Crippen LogP contribution is -2.17. The van der Waals surface area contributed by atoms with Crippen molar-refractivity contribution < 1.29 is 13.2 Å². The van der Waals surface area contributed by atoms with Crippen LogP contribution in [0.1, 0.15) is 19.8 Å². The first kappa shape index (κ1) is 10.8. The first-order valence-electron chi connectivity index (χ1n) is 3.25. The molecule has 0 N–H and O–H groups in total. The molecule has 11 heavy (non-hydrogen) atoms. The standard InChI is InChI=1S/C6H9ClF3N/c1-2-3-4-11-5(7)6(8,9)10/h2-4H2,1H3. The van der Waals surface area contributed by atoms with Crippen LogP contribution >= 0.6 is 11.6 Å². The number of hydrogen-bond acceptors (Lipinski definition) is 1. The first-order chi connectivity index (χ1) is 4.98. The third kappa shape index (κ3) is 5.07. The molecule has 0 aromatic rings. The van der Waals surface area contributed by atoms with Gasteiger partial charge in [0, 0.05) is 6.54 Å². The van der Waals surface area contributed by atoms with Crippen molar-refractivity contribution in [3.63, 3.8) is 0 Å². The maximum atomic E-state index is 11.6. The molecule has 1 nitrogen and oxygen atoms in total. The molecule has 5 heteroatoms. The lowest BCUT2D eigenvalue weighted by molar-refractivity contribution is -0.0560. The number of nitrogens with zero attached hydrogens (tertiary/aromatic N) is 1. The highest BCUT2D eigenvalue weighted by molar-refractivity contribution is 6.66. The fourth-order valence-electron chi connectivity index (χ4n) is 0.425. The SMILES string of the molecule is CCCCN=C(Cl)C(F)(F)F. The molecule has 0 fully saturated rings. The zero-order valence-corrected chi connectivity index (χ0v) is 6.84. The van der Waals surface area contributed by atoms with Crippen LogP contribution < -0.4 is 0 Å². The Bertz CT molecular complexity index is 141. The summed E-state index contributed by atoms with van der Waals surface area (Å²) in [7, 11) is 0. The summed E-state index contributed by atoms with van der Waals surface area (Å²) in [5.41, 5.74) is 0. The van der Waals surface area contributed by atoms with Gasteiger partial charge >= 0.3 is 6.18 Å². The van der Waals surface area contributed by atoms with Crippen LogP contribution in [-0.2, 0) is 0 Å². The molecule has 0 saturated heterocycles. The number of rotatable bonds is 3. The molecule has 0 saturated carbocycles. The summed E-state index contributed by atoms with van der Waals surface area (Å²) in [4.78, 5) is 3.14. The molecule has 0 atom stereocenters. The van der Waals surface area contributed by atoms with Crippen molar-refractivity contribution in [2.75, 3.05) is 6.54 Å². The predicted molar refractivity (Wildman–Crippen MR) is 39.1 cm³/mol. The van der Waals surface area contributed by atoms with Crippen LogP contribution in [0.3, 0.4) is 0 Å². The van der Waals surface area contributed by atoms with Crippen LogP contribution in [0.15, 0.2) is 4.99 Å². The van der Waals surface area contributed by atoms with E-state index in [1.807, 2.05) is 6.92 Å². The summed E-state index contributed by atoms with van der Waals surface area (Å²) < 4.78 is 34.8. The van der Waals surface area contributed by atoms with Gasteiger partial charge in [-0.1, -0.05) is 24.9 Å². The van der Waals surface area contributed by atoms with Gasteiger partial charge in [0.15, 0.2) is 0 Å². The fraction of sp³-hybridized carbons (Fsp3) is 0.833. The van der Waals surface area contributed by atoms with E-state index >= 15 is 0 Å². The molecule has 0 amide bonds. The number of halogens is 4. The quantitative estimate of drug-likeness (QED) is 0.476. The summed E-state index contributed by atoms with van der Waals surface area (Å²) in [5, 5.41) is -1.26. The Morgan fingerprint density at radius 3 is 2.36 bits per heavy atom. The van der Waals surface area contributed by atoms with E-state index in [9.17, 15) is 13.2 Å². The summed E-state index contributed by atoms with van der Waals surface area (Å²) >= 11 is 4.82. The maximum absolute atomic E-state index is 11.6. The number of unbranched alkanes of at least 4 members (excludes halogenated alkanes) is 1. The molecule has 0 rings (SSSR count). The molecule has 0 aliphatic heterocycles. The Kier molecular flexibility index (Phi) is 4.49. The topological polar surface area (TPSA) is 12.4 Å². The lowest BCUT2D eigenvalue weighted by Gasteiger charge is -2.01. The van der Waals surface area contributed by atoms with Gasteiger partial charge in [0.2, 0.25) is 5.17 Å². The van der Waals surface area contributed by atoms with Crippen LogP contribution in [0, 0.1) is 0 Å². The largest absolute Gasteiger partial charge is 0.444 e. The van der Waals surface area contributed by atoms with Crippen LogP contribution in [0.4, 0.5) is 13.2 Å². The lowest BCUT2D eigenvalue weighted by atomic mass is 10.3. The Morgan fingerprint density at radius 1 is 1.45 bits per heavy atom. The second-order valence-electron chi connectivity index (χ2n) is 2.02. The van der Waals surface area contributed by atoms with Crippen LogP contribution in [0.2, 0.25) is 0 Å². The van der Waals surface area contributed by atoms with Gasteiger partial charge in [-0.25, -0.2) is 0 Å². The van der Waals surface area contributed by atoms with Gasteiger partial charge in [-0.3, -0.25) is 4.99 Å². The minimum absolute atomic E-state index is 0.148. The minimum Gasteiger partial charge on any atom is -0.269 e. The van der Waals surface area contributed by atoms with E-state index in [2.05, 4.69) is 4.99 Å². The molecule has 0 heterocycles. The van der Waals surface area contributed by atoms with Crippen molar-refractivity contribution in [2.24, 2.45) is 4.99 Å². The predicted octanol–water partition coefficient (Wildman–Crippen LogP) is 2.99. The Hall–Kier alpha value is -0.250.